The van der Waals surface area contributed by atoms with Gasteiger partial charge in [-0.3, -0.25) is 4.79 Å². The molecule has 8 heteroatoms. The largest absolute Gasteiger partial charge is 0.332 e. The number of piperidine rings is 1. The van der Waals surface area contributed by atoms with Crippen LogP contribution in [0.1, 0.15) is 31.7 Å². The van der Waals surface area contributed by atoms with Gasteiger partial charge in [0.25, 0.3) is 5.91 Å². The zero-order valence-electron chi connectivity index (χ0n) is 13.2. The number of anilines is 2. The lowest BCUT2D eigenvalue weighted by Gasteiger charge is -2.26. The molecular formula is C16H17ClFN3O2S. The van der Waals surface area contributed by atoms with Crippen molar-refractivity contribution >= 4 is 46.9 Å². The van der Waals surface area contributed by atoms with Crippen molar-refractivity contribution in [2.24, 2.45) is 0 Å². The summed E-state index contributed by atoms with van der Waals surface area (Å²) in [6, 6.07) is 0.351. The third-order valence-corrected chi connectivity index (χ3v) is 6.31. The van der Waals surface area contributed by atoms with E-state index in [2.05, 4.69) is 0 Å². The van der Waals surface area contributed by atoms with Crippen LogP contribution in [-0.2, 0) is 10.5 Å². The maximum Gasteiger partial charge on any atom is 0.332 e. The number of hydrogen-bond acceptors (Lipinski definition) is 4. The molecule has 5 nitrogen and oxygen atoms in total. The third kappa shape index (κ3) is 2.14. The molecule has 1 aromatic carbocycles. The monoisotopic (exact) mass is 369 g/mol. The highest BCUT2D eigenvalue weighted by Gasteiger charge is 2.48. The Labute approximate surface area is 148 Å². The maximum atomic E-state index is 14.7. The molecule has 0 bridgehead atoms. The Morgan fingerprint density at radius 3 is 2.83 bits per heavy atom. The summed E-state index contributed by atoms with van der Waals surface area (Å²) in [7, 11) is 0. The van der Waals surface area contributed by atoms with Gasteiger partial charge in [-0.2, -0.15) is 0 Å². The highest BCUT2D eigenvalue weighted by Crippen LogP contribution is 2.49. The zero-order chi connectivity index (χ0) is 17.0. The first-order chi connectivity index (χ1) is 11.5. The molecule has 1 atom stereocenters. The number of benzene rings is 1. The van der Waals surface area contributed by atoms with E-state index in [1.165, 1.54) is 18.0 Å². The number of imide groups is 1. The fourth-order valence-corrected chi connectivity index (χ4v) is 5.19. The number of hydrogen-bond donors (Lipinski definition) is 0. The summed E-state index contributed by atoms with van der Waals surface area (Å²) in [5, 5.41) is 0.315. The molecule has 0 N–H and O–H groups in total. The molecule has 0 spiro atoms. The molecule has 3 aliphatic heterocycles. The lowest BCUT2D eigenvalue weighted by Crippen LogP contribution is -2.39. The number of amides is 3. The average Bonchev–Trinajstić information content (AvgIpc) is 3.11. The summed E-state index contributed by atoms with van der Waals surface area (Å²) in [6.07, 6.45) is 2.44. The van der Waals surface area contributed by atoms with Crippen LogP contribution in [0.4, 0.5) is 20.6 Å². The van der Waals surface area contributed by atoms with Gasteiger partial charge in [0.05, 0.1) is 16.4 Å². The highest BCUT2D eigenvalue weighted by molar-refractivity contribution is 8.00. The Bertz CT molecular complexity index is 721. The summed E-state index contributed by atoms with van der Waals surface area (Å²) in [6.45, 7) is 3.24. The predicted molar refractivity (Wildman–Crippen MR) is 93.0 cm³/mol. The van der Waals surface area contributed by atoms with Gasteiger partial charge < -0.3 is 9.21 Å². The van der Waals surface area contributed by atoms with Crippen molar-refractivity contribution in [3.05, 3.63) is 22.5 Å². The second-order valence-corrected chi connectivity index (χ2v) is 7.54. The van der Waals surface area contributed by atoms with Crippen molar-refractivity contribution in [3.8, 4) is 0 Å². The van der Waals surface area contributed by atoms with Crippen LogP contribution < -0.4 is 9.21 Å². The second-order valence-electron chi connectivity index (χ2n) is 6.15. The molecule has 24 heavy (non-hydrogen) atoms. The van der Waals surface area contributed by atoms with Gasteiger partial charge in [-0.1, -0.05) is 11.6 Å². The van der Waals surface area contributed by atoms with Crippen LogP contribution in [0.3, 0.4) is 0 Å². The van der Waals surface area contributed by atoms with E-state index >= 15 is 0 Å². The third-order valence-electron chi connectivity index (χ3n) is 4.85. The van der Waals surface area contributed by atoms with Crippen molar-refractivity contribution < 1.29 is 14.0 Å². The topological polar surface area (TPSA) is 43.9 Å². The van der Waals surface area contributed by atoms with E-state index < -0.39 is 17.9 Å². The van der Waals surface area contributed by atoms with Gasteiger partial charge in [0.2, 0.25) is 0 Å². The van der Waals surface area contributed by atoms with E-state index in [-0.39, 0.29) is 11.6 Å². The van der Waals surface area contributed by atoms with Gasteiger partial charge in [-0.15, -0.1) is 0 Å². The SMILES string of the molecule is CCN1SCc2c1c(Cl)cc(F)c2N1C(=O)C2CCCCN2C1=O. The Balaban J connectivity index is 1.84. The summed E-state index contributed by atoms with van der Waals surface area (Å²) in [5.74, 6) is -0.431. The Hall–Kier alpha value is -1.47. The number of carbonyl (C=O) groups excluding carboxylic acids is 2. The van der Waals surface area contributed by atoms with Crippen molar-refractivity contribution in [3.63, 3.8) is 0 Å². The molecule has 0 aliphatic carbocycles. The molecule has 1 unspecified atom stereocenters. The lowest BCUT2D eigenvalue weighted by molar-refractivity contribution is -0.120. The molecule has 0 saturated carbocycles. The van der Waals surface area contributed by atoms with Crippen LogP contribution in [0.2, 0.25) is 5.02 Å². The number of halogens is 2. The van der Waals surface area contributed by atoms with E-state index in [0.717, 1.165) is 17.7 Å². The number of carbonyl (C=O) groups is 2. The quantitative estimate of drug-likeness (QED) is 0.587. The smallest absolute Gasteiger partial charge is 0.314 e. The van der Waals surface area contributed by atoms with Crippen molar-refractivity contribution in [1.29, 1.82) is 0 Å². The van der Waals surface area contributed by atoms with E-state index in [1.54, 1.807) is 4.90 Å². The standard InChI is InChI=1S/C16H17ClFN3O2S/c1-2-20-13-9(8-24-20)14(11(18)7-10(13)17)21-15(22)12-5-3-4-6-19(12)16(21)23/h7,12H,2-6,8H2,1H3. The molecule has 2 saturated heterocycles. The van der Waals surface area contributed by atoms with E-state index in [1.807, 2.05) is 11.2 Å². The second kappa shape index (κ2) is 5.81. The molecule has 3 heterocycles. The molecule has 0 aromatic heterocycles. The minimum atomic E-state index is -0.612. The van der Waals surface area contributed by atoms with E-state index in [4.69, 9.17) is 11.6 Å². The van der Waals surface area contributed by atoms with Crippen molar-refractivity contribution in [2.75, 3.05) is 22.3 Å². The minimum absolute atomic E-state index is 0.0854. The first-order valence-corrected chi connectivity index (χ1v) is 9.42. The number of nitrogens with zero attached hydrogens (tertiary/aromatic N) is 3. The molecule has 2 fully saturated rings. The van der Waals surface area contributed by atoms with Gasteiger partial charge in [0.1, 0.15) is 11.9 Å². The highest BCUT2D eigenvalue weighted by atomic mass is 35.5. The maximum absolute atomic E-state index is 14.7. The molecule has 1 aromatic rings. The first kappa shape index (κ1) is 16.0. The zero-order valence-corrected chi connectivity index (χ0v) is 14.8. The van der Waals surface area contributed by atoms with Crippen LogP contribution in [-0.4, -0.2) is 36.0 Å². The van der Waals surface area contributed by atoms with E-state index in [0.29, 0.717) is 41.5 Å². The molecule has 3 aliphatic rings. The van der Waals surface area contributed by atoms with Crippen LogP contribution in [0, 0.1) is 5.82 Å². The summed E-state index contributed by atoms with van der Waals surface area (Å²) in [4.78, 5) is 28.1. The molecule has 0 radical (unpaired) electrons. The number of fused-ring (bicyclic) bond motifs is 2. The van der Waals surface area contributed by atoms with Crippen LogP contribution in [0.25, 0.3) is 0 Å². The Morgan fingerprint density at radius 2 is 2.12 bits per heavy atom. The van der Waals surface area contributed by atoms with Crippen LogP contribution in [0.5, 0.6) is 0 Å². The number of urea groups is 1. The fraction of sp³-hybridized carbons (Fsp3) is 0.500. The van der Waals surface area contributed by atoms with E-state index in [9.17, 15) is 14.0 Å². The normalized spacial score (nSPS) is 23.1. The summed E-state index contributed by atoms with van der Waals surface area (Å²) >= 11 is 7.74. The van der Waals surface area contributed by atoms with Crippen molar-refractivity contribution in [2.45, 2.75) is 38.0 Å². The van der Waals surface area contributed by atoms with Gasteiger partial charge in [0, 0.05) is 24.4 Å². The predicted octanol–water partition coefficient (Wildman–Crippen LogP) is 3.79. The summed E-state index contributed by atoms with van der Waals surface area (Å²) < 4.78 is 16.7. The van der Waals surface area contributed by atoms with Crippen LogP contribution in [0.15, 0.2) is 6.07 Å². The fourth-order valence-electron chi connectivity index (χ4n) is 3.75. The lowest BCUT2D eigenvalue weighted by atomic mass is 10.0. The first-order valence-electron chi connectivity index (χ1n) is 8.10. The van der Waals surface area contributed by atoms with Gasteiger partial charge in [-0.25, -0.2) is 14.1 Å². The molecule has 128 valence electrons. The summed E-state index contributed by atoms with van der Waals surface area (Å²) in [5.41, 5.74) is 1.43. The molecular weight excluding hydrogens is 353 g/mol. The number of rotatable bonds is 2. The Kier molecular flexibility index (Phi) is 3.88. The Morgan fingerprint density at radius 1 is 1.33 bits per heavy atom. The molecule has 3 amide bonds. The van der Waals surface area contributed by atoms with Gasteiger partial charge >= 0.3 is 6.03 Å². The van der Waals surface area contributed by atoms with Crippen LogP contribution >= 0.6 is 23.5 Å². The molecule has 4 rings (SSSR count). The average molecular weight is 370 g/mol. The van der Waals surface area contributed by atoms with Gasteiger partial charge in [-0.05, 0) is 44.2 Å². The van der Waals surface area contributed by atoms with Crippen molar-refractivity contribution in [1.82, 2.24) is 4.90 Å². The minimum Gasteiger partial charge on any atom is -0.314 e. The van der Waals surface area contributed by atoms with Gasteiger partial charge in [0.15, 0.2) is 0 Å².